The van der Waals surface area contributed by atoms with E-state index in [1.807, 2.05) is 17.9 Å². The van der Waals surface area contributed by atoms with Crippen molar-refractivity contribution in [3.8, 4) is 0 Å². The molecular weight excluding hydrogens is 190 g/mol. The molecule has 1 aliphatic rings. The lowest BCUT2D eigenvalue weighted by Gasteiger charge is -2.11. The molecule has 15 heavy (non-hydrogen) atoms. The molecule has 84 valence electrons. The number of hydrogen-bond acceptors (Lipinski definition) is 3. The Morgan fingerprint density at radius 2 is 2.47 bits per heavy atom. The fourth-order valence-electron chi connectivity index (χ4n) is 2.16. The van der Waals surface area contributed by atoms with Gasteiger partial charge in [-0.3, -0.25) is 4.68 Å². The molecule has 4 heteroatoms. The van der Waals surface area contributed by atoms with Crippen LogP contribution in [0.5, 0.6) is 0 Å². The molecule has 1 saturated carbocycles. The maximum atomic E-state index is 5.34. The van der Waals surface area contributed by atoms with Crippen molar-refractivity contribution in [3.63, 3.8) is 0 Å². The average Bonchev–Trinajstić information content (AvgIpc) is 2.83. The van der Waals surface area contributed by atoms with Gasteiger partial charge in [0.2, 0.25) is 0 Å². The highest BCUT2D eigenvalue weighted by molar-refractivity contribution is 5.03. The molecule has 0 aromatic carbocycles. The molecule has 1 aromatic rings. The van der Waals surface area contributed by atoms with E-state index >= 15 is 0 Å². The van der Waals surface area contributed by atoms with Crippen molar-refractivity contribution in [2.24, 2.45) is 7.05 Å². The van der Waals surface area contributed by atoms with Crippen molar-refractivity contribution < 1.29 is 4.74 Å². The van der Waals surface area contributed by atoms with Crippen LogP contribution >= 0.6 is 0 Å². The van der Waals surface area contributed by atoms with E-state index in [0.29, 0.717) is 12.1 Å². The molecule has 0 spiro atoms. The zero-order chi connectivity index (χ0) is 10.7. The third kappa shape index (κ3) is 2.79. The highest BCUT2D eigenvalue weighted by atomic mass is 16.5. The fourth-order valence-corrected chi connectivity index (χ4v) is 2.16. The second kappa shape index (κ2) is 4.77. The highest BCUT2D eigenvalue weighted by Gasteiger charge is 2.23. The molecule has 0 amide bonds. The van der Waals surface area contributed by atoms with E-state index in [0.717, 1.165) is 13.0 Å². The number of aryl methyl sites for hydroxylation is 1. The fraction of sp³-hybridized carbons (Fsp3) is 0.727. The summed E-state index contributed by atoms with van der Waals surface area (Å²) >= 11 is 0. The Morgan fingerprint density at radius 1 is 1.60 bits per heavy atom. The summed E-state index contributed by atoms with van der Waals surface area (Å²) in [5.41, 5.74) is 1.25. The van der Waals surface area contributed by atoms with E-state index in [-0.39, 0.29) is 0 Å². The van der Waals surface area contributed by atoms with Gasteiger partial charge < -0.3 is 10.1 Å². The molecule has 2 atom stereocenters. The van der Waals surface area contributed by atoms with Crippen LogP contribution in [0.4, 0.5) is 0 Å². The van der Waals surface area contributed by atoms with Crippen LogP contribution in [0.1, 0.15) is 24.8 Å². The molecule has 2 unspecified atom stereocenters. The SMILES string of the molecule is COC1CCC(NCc2cnn(C)c2)C1. The number of methoxy groups -OCH3 is 1. The number of nitrogens with one attached hydrogen (secondary N) is 1. The van der Waals surface area contributed by atoms with Gasteiger partial charge in [0.05, 0.1) is 12.3 Å². The third-order valence-corrected chi connectivity index (χ3v) is 3.07. The van der Waals surface area contributed by atoms with Crippen molar-refractivity contribution >= 4 is 0 Å². The van der Waals surface area contributed by atoms with Gasteiger partial charge >= 0.3 is 0 Å². The smallest absolute Gasteiger partial charge is 0.0586 e. The second-order valence-corrected chi connectivity index (χ2v) is 4.27. The number of nitrogens with zero attached hydrogens (tertiary/aromatic N) is 2. The number of hydrogen-bond donors (Lipinski definition) is 1. The van der Waals surface area contributed by atoms with E-state index in [4.69, 9.17) is 4.74 Å². The van der Waals surface area contributed by atoms with Gasteiger partial charge in [0.15, 0.2) is 0 Å². The first kappa shape index (κ1) is 10.6. The Morgan fingerprint density at radius 3 is 3.07 bits per heavy atom. The van der Waals surface area contributed by atoms with Gasteiger partial charge in [0, 0.05) is 38.5 Å². The molecule has 0 saturated heterocycles. The zero-order valence-corrected chi connectivity index (χ0v) is 9.44. The van der Waals surface area contributed by atoms with Gasteiger partial charge in [-0.05, 0) is 19.3 Å². The molecule has 1 heterocycles. The molecular formula is C11H19N3O. The van der Waals surface area contributed by atoms with Crippen molar-refractivity contribution in [1.82, 2.24) is 15.1 Å². The van der Waals surface area contributed by atoms with Crippen molar-refractivity contribution in [3.05, 3.63) is 18.0 Å². The highest BCUT2D eigenvalue weighted by Crippen LogP contribution is 2.21. The van der Waals surface area contributed by atoms with Crippen LogP contribution in [-0.2, 0) is 18.3 Å². The van der Waals surface area contributed by atoms with Crippen LogP contribution in [0.15, 0.2) is 12.4 Å². The van der Waals surface area contributed by atoms with E-state index in [9.17, 15) is 0 Å². The summed E-state index contributed by atoms with van der Waals surface area (Å²) in [4.78, 5) is 0. The predicted molar refractivity (Wildman–Crippen MR) is 58.5 cm³/mol. The summed E-state index contributed by atoms with van der Waals surface area (Å²) in [5.74, 6) is 0. The molecule has 1 aliphatic carbocycles. The van der Waals surface area contributed by atoms with Crippen LogP contribution in [-0.4, -0.2) is 29.0 Å². The molecule has 0 aliphatic heterocycles. The van der Waals surface area contributed by atoms with Crippen LogP contribution < -0.4 is 5.32 Å². The molecule has 0 bridgehead atoms. The van der Waals surface area contributed by atoms with Gasteiger partial charge in [-0.2, -0.15) is 5.10 Å². The lowest BCUT2D eigenvalue weighted by atomic mass is 10.2. The minimum atomic E-state index is 0.455. The number of aromatic nitrogens is 2. The molecule has 1 N–H and O–H groups in total. The average molecular weight is 209 g/mol. The molecule has 1 fully saturated rings. The van der Waals surface area contributed by atoms with Gasteiger partial charge in [0.25, 0.3) is 0 Å². The molecule has 0 radical (unpaired) electrons. The summed E-state index contributed by atoms with van der Waals surface area (Å²) in [6.07, 6.45) is 7.96. The van der Waals surface area contributed by atoms with Gasteiger partial charge in [-0.15, -0.1) is 0 Å². The maximum absolute atomic E-state index is 5.34. The summed E-state index contributed by atoms with van der Waals surface area (Å²) in [7, 11) is 3.74. The predicted octanol–water partition coefficient (Wildman–Crippen LogP) is 1.08. The zero-order valence-electron chi connectivity index (χ0n) is 9.44. The Bertz CT molecular complexity index is 311. The minimum absolute atomic E-state index is 0.455. The van der Waals surface area contributed by atoms with Crippen LogP contribution in [0.3, 0.4) is 0 Å². The normalized spacial score (nSPS) is 26.0. The van der Waals surface area contributed by atoms with Crippen molar-refractivity contribution in [2.75, 3.05) is 7.11 Å². The Balaban J connectivity index is 1.75. The quantitative estimate of drug-likeness (QED) is 0.806. The third-order valence-electron chi connectivity index (χ3n) is 3.07. The van der Waals surface area contributed by atoms with E-state index in [2.05, 4.69) is 16.6 Å². The topological polar surface area (TPSA) is 39.1 Å². The Kier molecular flexibility index (Phi) is 3.38. The van der Waals surface area contributed by atoms with Crippen LogP contribution in [0, 0.1) is 0 Å². The van der Waals surface area contributed by atoms with Gasteiger partial charge in [-0.1, -0.05) is 0 Å². The van der Waals surface area contributed by atoms with Crippen LogP contribution in [0.2, 0.25) is 0 Å². The van der Waals surface area contributed by atoms with Gasteiger partial charge in [-0.25, -0.2) is 0 Å². The van der Waals surface area contributed by atoms with E-state index in [1.165, 1.54) is 18.4 Å². The van der Waals surface area contributed by atoms with Gasteiger partial charge in [0.1, 0.15) is 0 Å². The standard InChI is InChI=1S/C11H19N3O/c1-14-8-9(7-13-14)6-12-10-3-4-11(5-10)15-2/h7-8,10-12H,3-6H2,1-2H3. The molecule has 4 nitrogen and oxygen atoms in total. The monoisotopic (exact) mass is 209 g/mol. The minimum Gasteiger partial charge on any atom is -0.381 e. The largest absolute Gasteiger partial charge is 0.381 e. The first-order chi connectivity index (χ1) is 7.28. The lowest BCUT2D eigenvalue weighted by Crippen LogP contribution is -2.26. The molecule has 1 aromatic heterocycles. The lowest BCUT2D eigenvalue weighted by molar-refractivity contribution is 0.107. The van der Waals surface area contributed by atoms with Crippen molar-refractivity contribution in [2.45, 2.75) is 38.0 Å². The Labute approximate surface area is 90.6 Å². The summed E-state index contributed by atoms with van der Waals surface area (Å²) in [5, 5.41) is 7.69. The molecule has 2 rings (SSSR count). The van der Waals surface area contributed by atoms with E-state index < -0.39 is 0 Å². The van der Waals surface area contributed by atoms with Crippen LogP contribution in [0.25, 0.3) is 0 Å². The number of rotatable bonds is 4. The first-order valence-corrected chi connectivity index (χ1v) is 5.51. The van der Waals surface area contributed by atoms with Crippen molar-refractivity contribution in [1.29, 1.82) is 0 Å². The first-order valence-electron chi connectivity index (χ1n) is 5.51. The number of ether oxygens (including phenoxy) is 1. The summed E-state index contributed by atoms with van der Waals surface area (Å²) in [6, 6.07) is 0.607. The summed E-state index contributed by atoms with van der Waals surface area (Å²) < 4.78 is 7.18. The maximum Gasteiger partial charge on any atom is 0.0586 e. The Hall–Kier alpha value is -0.870. The van der Waals surface area contributed by atoms with E-state index in [1.54, 1.807) is 7.11 Å². The summed E-state index contributed by atoms with van der Waals surface area (Å²) in [6.45, 7) is 0.912. The second-order valence-electron chi connectivity index (χ2n) is 4.27.